The zero-order chi connectivity index (χ0) is 16.6. The second kappa shape index (κ2) is 8.34. The minimum atomic E-state index is -0.102. The van der Waals surface area contributed by atoms with Crippen LogP contribution >= 0.6 is 0 Å². The van der Waals surface area contributed by atoms with Gasteiger partial charge < -0.3 is 15.4 Å². The van der Waals surface area contributed by atoms with Crippen LogP contribution in [0.3, 0.4) is 0 Å². The third-order valence-corrected chi connectivity index (χ3v) is 4.10. The first-order chi connectivity index (χ1) is 11.8. The van der Waals surface area contributed by atoms with Crippen molar-refractivity contribution in [3.63, 3.8) is 0 Å². The molecule has 5 nitrogen and oxygen atoms in total. The fourth-order valence-electron chi connectivity index (χ4n) is 2.84. The number of rotatable bonds is 7. The van der Waals surface area contributed by atoms with Gasteiger partial charge in [-0.1, -0.05) is 31.0 Å². The Morgan fingerprint density at radius 2 is 1.92 bits per heavy atom. The Labute approximate surface area is 142 Å². The topological polar surface area (TPSA) is 63.2 Å². The number of anilines is 2. The minimum absolute atomic E-state index is 0.102. The second-order valence-electron chi connectivity index (χ2n) is 6.02. The van der Waals surface area contributed by atoms with Crippen molar-refractivity contribution in [2.75, 3.05) is 17.2 Å². The zero-order valence-electron chi connectivity index (χ0n) is 13.7. The highest BCUT2D eigenvalue weighted by molar-refractivity contribution is 5.89. The van der Waals surface area contributed by atoms with Crippen molar-refractivity contribution < 1.29 is 9.53 Å². The number of benzene rings is 1. The molecule has 1 fully saturated rings. The molecule has 1 heterocycles. The van der Waals surface area contributed by atoms with Gasteiger partial charge in [-0.25, -0.2) is 4.98 Å². The van der Waals surface area contributed by atoms with Crippen LogP contribution in [0.1, 0.15) is 32.1 Å². The van der Waals surface area contributed by atoms with Crippen molar-refractivity contribution in [2.45, 2.75) is 38.1 Å². The molecule has 0 saturated heterocycles. The fraction of sp³-hybridized carbons (Fsp3) is 0.368. The largest absolute Gasteiger partial charge is 0.493 e. The number of hydrogen-bond donors (Lipinski definition) is 2. The summed E-state index contributed by atoms with van der Waals surface area (Å²) in [5.41, 5.74) is 1.01. The van der Waals surface area contributed by atoms with E-state index in [0.29, 0.717) is 24.9 Å². The van der Waals surface area contributed by atoms with Gasteiger partial charge in [0.1, 0.15) is 11.6 Å². The van der Waals surface area contributed by atoms with Gasteiger partial charge in [-0.15, -0.1) is 0 Å². The average molecular weight is 325 g/mol. The summed E-state index contributed by atoms with van der Waals surface area (Å²) in [7, 11) is 0. The van der Waals surface area contributed by atoms with E-state index in [2.05, 4.69) is 15.6 Å². The van der Waals surface area contributed by atoms with Crippen molar-refractivity contribution >= 4 is 17.4 Å². The molecule has 0 bridgehead atoms. The van der Waals surface area contributed by atoms with Crippen LogP contribution in [0.5, 0.6) is 5.75 Å². The molecular formula is C19H23N3O2. The van der Waals surface area contributed by atoms with Crippen LogP contribution in [-0.4, -0.2) is 23.5 Å². The molecule has 1 saturated carbocycles. The molecule has 126 valence electrons. The molecule has 0 spiro atoms. The number of ether oxygens (including phenoxy) is 1. The van der Waals surface area contributed by atoms with E-state index in [-0.39, 0.29) is 5.91 Å². The number of aromatic nitrogens is 1. The fourth-order valence-corrected chi connectivity index (χ4v) is 2.84. The number of nitrogens with one attached hydrogen (secondary N) is 2. The molecule has 0 atom stereocenters. The molecule has 0 aliphatic heterocycles. The van der Waals surface area contributed by atoms with Crippen molar-refractivity contribution in [2.24, 2.45) is 0 Å². The van der Waals surface area contributed by atoms with Crippen molar-refractivity contribution in [1.29, 1.82) is 0 Å². The Morgan fingerprint density at radius 3 is 2.62 bits per heavy atom. The van der Waals surface area contributed by atoms with E-state index in [1.54, 1.807) is 6.20 Å². The Hall–Kier alpha value is -2.56. The molecular weight excluding hydrogens is 302 g/mol. The summed E-state index contributed by atoms with van der Waals surface area (Å²) in [6, 6.07) is 13.8. The van der Waals surface area contributed by atoms with Crippen LogP contribution in [0, 0.1) is 0 Å². The lowest BCUT2D eigenvalue weighted by Gasteiger charge is -2.13. The minimum Gasteiger partial charge on any atom is -0.493 e. The summed E-state index contributed by atoms with van der Waals surface area (Å²) in [5, 5.41) is 6.27. The Balaban J connectivity index is 1.40. The number of amides is 1. The maximum absolute atomic E-state index is 11.9. The van der Waals surface area contributed by atoms with E-state index in [1.165, 1.54) is 25.7 Å². The summed E-state index contributed by atoms with van der Waals surface area (Å²) in [5.74, 6) is 1.23. The molecule has 0 unspecified atom stereocenters. The Morgan fingerprint density at radius 1 is 1.12 bits per heavy atom. The second-order valence-corrected chi connectivity index (χ2v) is 6.02. The molecule has 1 aromatic carbocycles. The highest BCUT2D eigenvalue weighted by atomic mass is 16.5. The van der Waals surface area contributed by atoms with Gasteiger partial charge in [0.05, 0.1) is 24.9 Å². The van der Waals surface area contributed by atoms with Gasteiger partial charge in [0.2, 0.25) is 5.91 Å². The molecule has 2 N–H and O–H groups in total. The van der Waals surface area contributed by atoms with Crippen molar-refractivity contribution in [1.82, 2.24) is 4.98 Å². The van der Waals surface area contributed by atoms with Gasteiger partial charge >= 0.3 is 0 Å². The predicted molar refractivity (Wildman–Crippen MR) is 95.3 cm³/mol. The van der Waals surface area contributed by atoms with Gasteiger partial charge in [0.25, 0.3) is 0 Å². The molecule has 0 radical (unpaired) electrons. The van der Waals surface area contributed by atoms with Crippen LogP contribution in [0.25, 0.3) is 0 Å². The highest BCUT2D eigenvalue weighted by Crippen LogP contribution is 2.22. The van der Waals surface area contributed by atoms with E-state index in [1.807, 2.05) is 42.5 Å². The van der Waals surface area contributed by atoms with Crippen molar-refractivity contribution in [3.8, 4) is 5.75 Å². The predicted octanol–water partition coefficient (Wildman–Crippen LogP) is 3.84. The first kappa shape index (κ1) is 16.3. The number of para-hydroxylation sites is 1. The van der Waals surface area contributed by atoms with Crippen LogP contribution in [0.2, 0.25) is 0 Å². The van der Waals surface area contributed by atoms with Crippen LogP contribution in [0.15, 0.2) is 48.7 Å². The van der Waals surface area contributed by atoms with Gasteiger partial charge in [-0.05, 0) is 37.1 Å². The van der Waals surface area contributed by atoms with Gasteiger partial charge in [0, 0.05) is 6.04 Å². The maximum Gasteiger partial charge on any atom is 0.228 e. The Kier molecular flexibility index (Phi) is 5.66. The van der Waals surface area contributed by atoms with E-state index in [4.69, 9.17) is 4.74 Å². The first-order valence-corrected chi connectivity index (χ1v) is 8.50. The lowest BCUT2D eigenvalue weighted by molar-refractivity contribution is -0.116. The normalized spacial score (nSPS) is 14.3. The molecule has 2 aromatic rings. The lowest BCUT2D eigenvalue weighted by atomic mass is 10.2. The molecule has 24 heavy (non-hydrogen) atoms. The van der Waals surface area contributed by atoms with E-state index >= 15 is 0 Å². The molecule has 1 aliphatic rings. The molecule has 1 amide bonds. The van der Waals surface area contributed by atoms with Crippen LogP contribution < -0.4 is 15.4 Å². The van der Waals surface area contributed by atoms with Crippen LogP contribution in [0.4, 0.5) is 11.5 Å². The van der Waals surface area contributed by atoms with E-state index in [0.717, 1.165) is 11.4 Å². The third kappa shape index (κ3) is 4.98. The molecule has 1 aromatic heterocycles. The van der Waals surface area contributed by atoms with E-state index < -0.39 is 0 Å². The van der Waals surface area contributed by atoms with Gasteiger partial charge in [-0.3, -0.25) is 4.79 Å². The zero-order valence-corrected chi connectivity index (χ0v) is 13.7. The monoisotopic (exact) mass is 325 g/mol. The number of pyridine rings is 1. The summed E-state index contributed by atoms with van der Waals surface area (Å²) in [4.78, 5) is 16.2. The number of nitrogens with zero attached hydrogens (tertiary/aromatic N) is 1. The average Bonchev–Trinajstić information content (AvgIpc) is 3.11. The number of carbonyl (C=O) groups is 1. The summed E-state index contributed by atoms with van der Waals surface area (Å²) in [6.07, 6.45) is 7.10. The van der Waals surface area contributed by atoms with Crippen LogP contribution in [-0.2, 0) is 4.79 Å². The smallest absolute Gasteiger partial charge is 0.228 e. The summed E-state index contributed by atoms with van der Waals surface area (Å²) in [6.45, 7) is 0.344. The maximum atomic E-state index is 11.9. The van der Waals surface area contributed by atoms with E-state index in [9.17, 15) is 4.79 Å². The van der Waals surface area contributed by atoms with Gasteiger partial charge in [0.15, 0.2) is 0 Å². The first-order valence-electron chi connectivity index (χ1n) is 8.50. The number of carbonyl (C=O) groups excluding carboxylic acids is 1. The lowest BCUT2D eigenvalue weighted by Crippen LogP contribution is -2.17. The Bertz CT molecular complexity index is 637. The summed E-state index contributed by atoms with van der Waals surface area (Å²) < 4.78 is 5.52. The third-order valence-electron chi connectivity index (χ3n) is 4.10. The highest BCUT2D eigenvalue weighted by Gasteiger charge is 2.14. The molecule has 5 heteroatoms. The standard InChI is InChI=1S/C19H23N3O2/c23-19(12-13-24-17-8-2-1-3-9-17)22-18-11-10-16(14-20-18)21-15-6-4-5-7-15/h1-3,8-11,14-15,21H,4-7,12-13H2,(H,20,22,23). The number of hydrogen-bond acceptors (Lipinski definition) is 4. The quantitative estimate of drug-likeness (QED) is 0.812. The molecule has 3 rings (SSSR count). The summed E-state index contributed by atoms with van der Waals surface area (Å²) >= 11 is 0. The van der Waals surface area contributed by atoms with Crippen molar-refractivity contribution in [3.05, 3.63) is 48.7 Å². The molecule has 1 aliphatic carbocycles. The van der Waals surface area contributed by atoms with Gasteiger partial charge in [-0.2, -0.15) is 0 Å². The SMILES string of the molecule is O=C(CCOc1ccccc1)Nc1ccc(NC2CCCC2)cn1.